The van der Waals surface area contributed by atoms with Crippen LogP contribution in [0.3, 0.4) is 0 Å². The Morgan fingerprint density at radius 2 is 0.760 bits per heavy atom. The predicted octanol–water partition coefficient (Wildman–Crippen LogP) is 5.07. The number of fused-ring (bicyclic) bond motifs is 6. The fourth-order valence-electron chi connectivity index (χ4n) is 5.61. The molecule has 3 aromatic rings. The molecule has 1 aliphatic heterocycles. The second kappa shape index (κ2) is 17.6. The minimum atomic E-state index is -3.74. The summed E-state index contributed by atoms with van der Waals surface area (Å²) in [5.41, 5.74) is 3.74. The lowest BCUT2D eigenvalue weighted by atomic mass is 10.1. The average Bonchev–Trinajstić information content (AvgIpc) is 3.05. The van der Waals surface area contributed by atoms with Crippen LogP contribution >= 0.6 is 0 Å². The Labute approximate surface area is 299 Å². The van der Waals surface area contributed by atoms with E-state index in [0.717, 1.165) is 0 Å². The maximum absolute atomic E-state index is 13.8. The lowest BCUT2D eigenvalue weighted by molar-refractivity contribution is 0.387. The standard InChI is InChI=1S/C35H52N6O6S3/c1-6-7-10-48(42,43)39-22-30-13-32(18-36-16-30)24-40(49(44,45)11-8-28(2)3)26-34-15-35(21-38-20-34)27-41(50(46,47)12-9-29(4)5)25-33-14-31(23-39)17-37-19-33/h13-21,28-29H,6-12,22-27H2,1-5H3. The fraction of sp³-hybridized carbons (Fsp3) is 0.571. The maximum atomic E-state index is 13.8. The van der Waals surface area contributed by atoms with Gasteiger partial charge in [-0.05, 0) is 64.5 Å². The summed E-state index contributed by atoms with van der Waals surface area (Å²) in [6.45, 7) is 9.98. The zero-order valence-electron chi connectivity index (χ0n) is 29.9. The van der Waals surface area contributed by atoms with E-state index >= 15 is 0 Å². The molecule has 1 aliphatic rings. The topological polar surface area (TPSA) is 151 Å². The zero-order valence-corrected chi connectivity index (χ0v) is 32.4. The van der Waals surface area contributed by atoms with E-state index in [0.29, 0.717) is 59.1 Å². The van der Waals surface area contributed by atoms with Gasteiger partial charge in [0.15, 0.2) is 0 Å². The molecule has 0 spiro atoms. The highest BCUT2D eigenvalue weighted by atomic mass is 32.2. The average molecular weight is 749 g/mol. The highest BCUT2D eigenvalue weighted by molar-refractivity contribution is 7.89. The third-order valence-electron chi connectivity index (χ3n) is 8.55. The van der Waals surface area contributed by atoms with Crippen LogP contribution < -0.4 is 0 Å². The molecule has 4 heterocycles. The van der Waals surface area contributed by atoms with E-state index in [1.807, 2.05) is 52.8 Å². The lowest BCUT2D eigenvalue weighted by Gasteiger charge is -2.26. The summed E-state index contributed by atoms with van der Waals surface area (Å²) in [7, 11) is -11.2. The van der Waals surface area contributed by atoms with Crippen LogP contribution in [0.25, 0.3) is 0 Å². The molecule has 0 radical (unpaired) electrons. The molecule has 6 bridgehead atoms. The van der Waals surface area contributed by atoms with E-state index in [4.69, 9.17) is 0 Å². The number of pyridine rings is 3. The molecule has 0 unspecified atom stereocenters. The summed E-state index contributed by atoms with van der Waals surface area (Å²) in [6, 6.07) is 5.44. The third kappa shape index (κ3) is 11.9. The van der Waals surface area contributed by atoms with Gasteiger partial charge in [0.1, 0.15) is 0 Å². The van der Waals surface area contributed by atoms with Gasteiger partial charge in [-0.2, -0.15) is 12.9 Å². The van der Waals surface area contributed by atoms with E-state index < -0.39 is 30.1 Å². The smallest absolute Gasteiger partial charge is 0.214 e. The van der Waals surface area contributed by atoms with E-state index in [2.05, 4.69) is 15.0 Å². The van der Waals surface area contributed by atoms with Crippen molar-refractivity contribution in [2.45, 2.75) is 99.6 Å². The Morgan fingerprint density at radius 3 is 1.00 bits per heavy atom. The van der Waals surface area contributed by atoms with Crippen LogP contribution in [0.1, 0.15) is 93.7 Å². The molecule has 50 heavy (non-hydrogen) atoms. The predicted molar refractivity (Wildman–Crippen MR) is 196 cm³/mol. The van der Waals surface area contributed by atoms with Crippen LogP contribution in [-0.4, -0.2) is 70.4 Å². The molecule has 0 N–H and O–H groups in total. The second-order valence-electron chi connectivity index (χ2n) is 14.1. The molecule has 0 fully saturated rings. The summed E-state index contributed by atoms with van der Waals surface area (Å²) >= 11 is 0. The van der Waals surface area contributed by atoms with Gasteiger partial charge in [0.2, 0.25) is 30.1 Å². The van der Waals surface area contributed by atoms with Crippen LogP contribution in [0.2, 0.25) is 0 Å². The molecular weight excluding hydrogens is 697 g/mol. The number of rotatable bonds is 12. The number of sulfonamides is 3. The van der Waals surface area contributed by atoms with Crippen molar-refractivity contribution < 1.29 is 25.3 Å². The van der Waals surface area contributed by atoms with E-state index in [1.54, 1.807) is 37.2 Å². The first-order valence-corrected chi connectivity index (χ1v) is 22.1. The van der Waals surface area contributed by atoms with Gasteiger partial charge in [0.25, 0.3) is 0 Å². The summed E-state index contributed by atoms with van der Waals surface area (Å²) in [4.78, 5) is 13.2. The summed E-state index contributed by atoms with van der Waals surface area (Å²) < 4.78 is 86.7. The number of nitrogens with zero attached hydrogens (tertiary/aromatic N) is 6. The normalized spacial score (nSPS) is 16.4. The molecule has 15 heteroatoms. The second-order valence-corrected chi connectivity index (χ2v) is 20.3. The Kier molecular flexibility index (Phi) is 14.1. The van der Waals surface area contributed by atoms with Gasteiger partial charge in [-0.25, -0.2) is 25.3 Å². The van der Waals surface area contributed by atoms with Gasteiger partial charge in [0.05, 0.1) is 17.3 Å². The first kappa shape index (κ1) is 40.0. The summed E-state index contributed by atoms with van der Waals surface area (Å²) in [5.74, 6) is 0.252. The maximum Gasteiger partial charge on any atom is 0.214 e. The fourth-order valence-corrected chi connectivity index (χ4v) is 10.6. The van der Waals surface area contributed by atoms with Crippen molar-refractivity contribution in [1.82, 2.24) is 27.9 Å². The van der Waals surface area contributed by atoms with Gasteiger partial charge in [0, 0.05) is 76.4 Å². The number of hydrogen-bond donors (Lipinski definition) is 0. The van der Waals surface area contributed by atoms with Crippen molar-refractivity contribution in [1.29, 1.82) is 0 Å². The van der Waals surface area contributed by atoms with Crippen molar-refractivity contribution in [2.75, 3.05) is 17.3 Å². The molecule has 3 aromatic heterocycles. The quantitative estimate of drug-likeness (QED) is 0.247. The molecule has 12 nitrogen and oxygen atoms in total. The minimum Gasteiger partial charge on any atom is -0.264 e. The van der Waals surface area contributed by atoms with Crippen LogP contribution in [0.4, 0.5) is 0 Å². The molecule has 0 aliphatic carbocycles. The van der Waals surface area contributed by atoms with Gasteiger partial charge >= 0.3 is 0 Å². The SMILES string of the molecule is CCCCS(=O)(=O)N1Cc2cncc(c2)CN(S(=O)(=O)CCC(C)C)Cc2cncc(c2)CN(S(=O)(=O)CCC(C)C)Cc2cncc(c2)C1. The zero-order chi connectivity index (χ0) is 36.5. The molecular formula is C35H52N6O6S3. The van der Waals surface area contributed by atoms with E-state index in [1.165, 1.54) is 12.9 Å². The van der Waals surface area contributed by atoms with Crippen LogP contribution in [0.15, 0.2) is 55.4 Å². The minimum absolute atomic E-state index is 0.0229. The van der Waals surface area contributed by atoms with Gasteiger partial charge in [-0.1, -0.05) is 59.2 Å². The largest absolute Gasteiger partial charge is 0.264 e. The highest BCUT2D eigenvalue weighted by Gasteiger charge is 2.28. The van der Waals surface area contributed by atoms with Crippen molar-refractivity contribution in [2.24, 2.45) is 11.8 Å². The number of hydrogen-bond acceptors (Lipinski definition) is 9. The third-order valence-corrected chi connectivity index (χ3v) is 14.0. The lowest BCUT2D eigenvalue weighted by Crippen LogP contribution is -2.34. The van der Waals surface area contributed by atoms with Crippen molar-refractivity contribution in [3.05, 3.63) is 88.8 Å². The molecule has 0 atom stereocenters. The molecule has 0 saturated carbocycles. The monoisotopic (exact) mass is 748 g/mol. The first-order valence-electron chi connectivity index (χ1n) is 17.3. The van der Waals surface area contributed by atoms with Crippen LogP contribution in [0, 0.1) is 11.8 Å². The van der Waals surface area contributed by atoms with Crippen molar-refractivity contribution >= 4 is 30.1 Å². The van der Waals surface area contributed by atoms with Crippen molar-refractivity contribution in [3.8, 4) is 0 Å². The number of aromatic nitrogens is 3. The van der Waals surface area contributed by atoms with Crippen LogP contribution in [-0.2, 0) is 69.3 Å². The molecule has 0 saturated heterocycles. The molecule has 0 amide bonds. The van der Waals surface area contributed by atoms with E-state index in [9.17, 15) is 25.3 Å². The van der Waals surface area contributed by atoms with Gasteiger partial charge in [-0.3, -0.25) is 15.0 Å². The van der Waals surface area contributed by atoms with Gasteiger partial charge < -0.3 is 0 Å². The van der Waals surface area contributed by atoms with Crippen molar-refractivity contribution in [3.63, 3.8) is 0 Å². The first-order chi connectivity index (χ1) is 23.6. The summed E-state index contributed by atoms with van der Waals surface area (Å²) in [6.07, 6.45) is 11.8. The Hall–Kier alpha value is -2.82. The molecule has 276 valence electrons. The number of unbranched alkanes of at least 4 members (excludes halogenated alkanes) is 1. The summed E-state index contributed by atoms with van der Waals surface area (Å²) in [5, 5.41) is 0. The highest BCUT2D eigenvalue weighted by Crippen LogP contribution is 2.23. The molecule has 4 rings (SSSR count). The Morgan fingerprint density at radius 1 is 0.500 bits per heavy atom. The molecule has 0 aromatic carbocycles. The van der Waals surface area contributed by atoms with E-state index in [-0.39, 0.29) is 68.4 Å². The van der Waals surface area contributed by atoms with Gasteiger partial charge in [-0.15, -0.1) is 0 Å². The Bertz CT molecular complexity index is 1790. The Balaban J connectivity index is 1.84. The van der Waals surface area contributed by atoms with Crippen LogP contribution in [0.5, 0.6) is 0 Å².